The van der Waals surface area contributed by atoms with E-state index in [4.69, 9.17) is 4.74 Å². The number of aryl methyl sites for hydroxylation is 2. The van der Waals surface area contributed by atoms with Crippen LogP contribution in [0.5, 0.6) is 5.75 Å². The lowest BCUT2D eigenvalue weighted by atomic mass is 9.97. The summed E-state index contributed by atoms with van der Waals surface area (Å²) in [5, 5.41) is 10.3. The summed E-state index contributed by atoms with van der Waals surface area (Å²) in [5.74, 6) is 1.06. The van der Waals surface area contributed by atoms with E-state index in [0.717, 1.165) is 47.4 Å². The van der Waals surface area contributed by atoms with E-state index < -0.39 is 0 Å². The molecule has 2 aromatic heterocycles. The third-order valence-corrected chi connectivity index (χ3v) is 6.06. The standard InChI is InChI=1S/C22H19N3O2S/c1-27-17-11-4-2-7-14(17)8-6-9-15(13-23)20-24-21(26)19-16-10-3-5-12-18(16)28-22(19)25-20/h2,4,6-9,11H,3,5,10,12H2,1H3,(H,24,25,26)/b8-6+,15-9+. The van der Waals surface area contributed by atoms with Gasteiger partial charge in [0.05, 0.1) is 18.1 Å². The zero-order valence-corrected chi connectivity index (χ0v) is 16.3. The van der Waals surface area contributed by atoms with Gasteiger partial charge in [-0.15, -0.1) is 11.3 Å². The number of fused-ring (bicyclic) bond motifs is 3. The molecule has 3 aromatic rings. The highest BCUT2D eigenvalue weighted by Crippen LogP contribution is 2.33. The van der Waals surface area contributed by atoms with Gasteiger partial charge in [-0.3, -0.25) is 4.79 Å². The van der Waals surface area contributed by atoms with E-state index in [1.807, 2.05) is 30.3 Å². The molecule has 6 heteroatoms. The first-order valence-electron chi connectivity index (χ1n) is 9.17. The molecule has 140 valence electrons. The maximum atomic E-state index is 12.7. The van der Waals surface area contributed by atoms with Crippen LogP contribution in [0.15, 0.2) is 41.2 Å². The van der Waals surface area contributed by atoms with E-state index in [-0.39, 0.29) is 5.56 Å². The molecule has 4 rings (SSSR count). The second kappa shape index (κ2) is 7.83. The predicted octanol–water partition coefficient (Wildman–Crippen LogP) is 4.49. The molecule has 0 bridgehead atoms. The minimum atomic E-state index is -0.158. The van der Waals surface area contributed by atoms with Crippen molar-refractivity contribution in [3.63, 3.8) is 0 Å². The normalized spacial score (nSPS) is 14.2. The third kappa shape index (κ3) is 3.37. The van der Waals surface area contributed by atoms with Crippen LogP contribution in [0.2, 0.25) is 0 Å². The fourth-order valence-electron chi connectivity index (χ4n) is 3.51. The average Bonchev–Trinajstić information content (AvgIpc) is 3.10. The molecule has 1 aliphatic rings. The van der Waals surface area contributed by atoms with Gasteiger partial charge in [0.1, 0.15) is 16.6 Å². The number of H-pyrrole nitrogens is 1. The quantitative estimate of drug-likeness (QED) is 0.527. The number of para-hydroxylation sites is 1. The first kappa shape index (κ1) is 18.2. The van der Waals surface area contributed by atoms with Crippen LogP contribution in [0.3, 0.4) is 0 Å². The number of methoxy groups -OCH3 is 1. The molecular formula is C22H19N3O2S. The van der Waals surface area contributed by atoms with Crippen molar-refractivity contribution < 1.29 is 4.74 Å². The van der Waals surface area contributed by atoms with Crippen molar-refractivity contribution in [3.05, 3.63) is 68.6 Å². The van der Waals surface area contributed by atoms with Crippen molar-refractivity contribution in [2.45, 2.75) is 25.7 Å². The Bertz CT molecular complexity index is 1190. The van der Waals surface area contributed by atoms with E-state index in [2.05, 4.69) is 16.0 Å². The first-order chi connectivity index (χ1) is 13.7. The Kier molecular flexibility index (Phi) is 5.09. The highest BCUT2D eigenvalue weighted by atomic mass is 32.1. The zero-order chi connectivity index (χ0) is 19.5. The predicted molar refractivity (Wildman–Crippen MR) is 113 cm³/mol. The Morgan fingerprint density at radius 2 is 2.14 bits per heavy atom. The Hall–Kier alpha value is -3.17. The fourth-order valence-corrected chi connectivity index (χ4v) is 4.77. The maximum absolute atomic E-state index is 12.7. The van der Waals surface area contributed by atoms with Gasteiger partial charge in [-0.05, 0) is 43.4 Å². The number of thiophene rings is 1. The summed E-state index contributed by atoms with van der Waals surface area (Å²) in [5.41, 5.74) is 2.21. The molecule has 0 radical (unpaired) electrons. The minimum Gasteiger partial charge on any atom is -0.496 e. The van der Waals surface area contributed by atoms with Gasteiger partial charge in [0.25, 0.3) is 5.56 Å². The topological polar surface area (TPSA) is 78.8 Å². The van der Waals surface area contributed by atoms with Crippen LogP contribution >= 0.6 is 11.3 Å². The molecule has 0 spiro atoms. The van der Waals surface area contributed by atoms with Crippen LogP contribution in [0, 0.1) is 11.3 Å². The summed E-state index contributed by atoms with van der Waals surface area (Å²) < 4.78 is 5.32. The van der Waals surface area contributed by atoms with Crippen molar-refractivity contribution in [2.75, 3.05) is 7.11 Å². The van der Waals surface area contributed by atoms with E-state index in [9.17, 15) is 10.1 Å². The molecule has 1 N–H and O–H groups in total. The molecule has 0 amide bonds. The van der Waals surface area contributed by atoms with Gasteiger partial charge in [-0.2, -0.15) is 5.26 Å². The second-order valence-electron chi connectivity index (χ2n) is 6.60. The van der Waals surface area contributed by atoms with Crippen LogP contribution in [0.25, 0.3) is 21.9 Å². The van der Waals surface area contributed by atoms with Crippen molar-refractivity contribution in [1.29, 1.82) is 5.26 Å². The highest BCUT2D eigenvalue weighted by molar-refractivity contribution is 7.18. The van der Waals surface area contributed by atoms with Gasteiger partial charge in [0, 0.05) is 10.4 Å². The number of benzene rings is 1. The number of hydrogen-bond acceptors (Lipinski definition) is 5. The van der Waals surface area contributed by atoms with Gasteiger partial charge < -0.3 is 9.72 Å². The van der Waals surface area contributed by atoms with Crippen molar-refractivity contribution >= 4 is 33.2 Å². The molecule has 0 unspecified atom stereocenters. The molecule has 5 nitrogen and oxygen atoms in total. The van der Waals surface area contributed by atoms with E-state index in [1.54, 1.807) is 30.6 Å². The lowest BCUT2D eigenvalue weighted by Gasteiger charge is -2.09. The Morgan fingerprint density at radius 1 is 1.32 bits per heavy atom. The molecular weight excluding hydrogens is 370 g/mol. The summed E-state index contributed by atoms with van der Waals surface area (Å²) in [7, 11) is 1.62. The summed E-state index contributed by atoms with van der Waals surface area (Å²) in [6.07, 6.45) is 9.48. The van der Waals surface area contributed by atoms with Crippen molar-refractivity contribution in [2.24, 2.45) is 0 Å². The Morgan fingerprint density at radius 3 is 2.96 bits per heavy atom. The van der Waals surface area contributed by atoms with Crippen LogP contribution < -0.4 is 10.3 Å². The van der Waals surface area contributed by atoms with Crippen molar-refractivity contribution in [3.8, 4) is 11.8 Å². The van der Waals surface area contributed by atoms with E-state index in [0.29, 0.717) is 16.8 Å². The van der Waals surface area contributed by atoms with Crippen LogP contribution in [-0.4, -0.2) is 17.1 Å². The second-order valence-corrected chi connectivity index (χ2v) is 7.68. The number of rotatable bonds is 4. The van der Waals surface area contributed by atoms with Crippen LogP contribution in [0.1, 0.15) is 34.7 Å². The van der Waals surface area contributed by atoms with E-state index >= 15 is 0 Å². The highest BCUT2D eigenvalue weighted by Gasteiger charge is 2.20. The molecule has 0 aliphatic heterocycles. The molecule has 0 fully saturated rings. The number of nitrogens with zero attached hydrogens (tertiary/aromatic N) is 2. The molecule has 0 saturated carbocycles. The third-order valence-electron chi connectivity index (χ3n) is 4.88. The molecule has 0 atom stereocenters. The van der Waals surface area contributed by atoms with Crippen LogP contribution in [-0.2, 0) is 12.8 Å². The smallest absolute Gasteiger partial charge is 0.260 e. The number of allylic oxidation sites excluding steroid dienone is 3. The zero-order valence-electron chi connectivity index (χ0n) is 15.5. The minimum absolute atomic E-state index is 0.158. The van der Waals surface area contributed by atoms with Gasteiger partial charge in [-0.1, -0.05) is 30.4 Å². The summed E-state index contributed by atoms with van der Waals surface area (Å²) in [6, 6.07) is 9.76. The van der Waals surface area contributed by atoms with Gasteiger partial charge >= 0.3 is 0 Å². The van der Waals surface area contributed by atoms with Gasteiger partial charge in [-0.25, -0.2) is 4.98 Å². The molecule has 1 aromatic carbocycles. The number of hydrogen-bond donors (Lipinski definition) is 1. The summed E-state index contributed by atoms with van der Waals surface area (Å²) >= 11 is 1.58. The monoisotopic (exact) mass is 389 g/mol. The Labute approximate surface area is 166 Å². The average molecular weight is 389 g/mol. The molecule has 0 saturated heterocycles. The molecule has 1 aliphatic carbocycles. The lowest BCUT2D eigenvalue weighted by molar-refractivity contribution is 0.414. The molecule has 28 heavy (non-hydrogen) atoms. The van der Waals surface area contributed by atoms with Gasteiger partial charge in [0.15, 0.2) is 5.82 Å². The van der Waals surface area contributed by atoms with E-state index in [1.165, 1.54) is 4.88 Å². The fraction of sp³-hybridized carbons (Fsp3) is 0.227. The first-order valence-corrected chi connectivity index (χ1v) is 9.99. The number of nitrogens with one attached hydrogen (secondary N) is 1. The molecule has 2 heterocycles. The number of aromatic amines is 1. The summed E-state index contributed by atoms with van der Waals surface area (Å²) in [4.78, 5) is 22.0. The number of ether oxygens (including phenoxy) is 1. The van der Waals surface area contributed by atoms with Gasteiger partial charge in [0.2, 0.25) is 0 Å². The maximum Gasteiger partial charge on any atom is 0.260 e. The SMILES string of the molecule is COc1ccccc1/C=C/C=C(\C#N)c1nc2sc3c(c2c(=O)[nH]1)CCCC3. The number of nitriles is 1. The van der Waals surface area contributed by atoms with Crippen molar-refractivity contribution in [1.82, 2.24) is 9.97 Å². The summed E-state index contributed by atoms with van der Waals surface area (Å²) in [6.45, 7) is 0. The number of aromatic nitrogens is 2. The lowest BCUT2D eigenvalue weighted by Crippen LogP contribution is -2.12. The largest absolute Gasteiger partial charge is 0.496 e. The Balaban J connectivity index is 1.71. The van der Waals surface area contributed by atoms with Crippen LogP contribution in [0.4, 0.5) is 0 Å².